The molecule has 1 aliphatic heterocycles. The van der Waals surface area contributed by atoms with E-state index in [1.807, 2.05) is 34.9 Å². The lowest BCUT2D eigenvalue weighted by atomic mass is 10.1. The third-order valence-corrected chi connectivity index (χ3v) is 3.70. The third-order valence-electron chi connectivity index (χ3n) is 3.70. The molecule has 2 aromatic heterocycles. The first-order chi connectivity index (χ1) is 10.2. The van der Waals surface area contributed by atoms with E-state index < -0.39 is 5.97 Å². The molecule has 0 spiro atoms. The Kier molecular flexibility index (Phi) is 3.50. The van der Waals surface area contributed by atoms with Crippen molar-refractivity contribution in [1.82, 2.24) is 9.55 Å². The van der Waals surface area contributed by atoms with Gasteiger partial charge in [0.25, 0.3) is 0 Å². The standard InChI is InChI=1S/C16H12N2O3.ClH/c19-16(20)12-6-5-10-9-13-11-3-1-2-4-14(11)21-8-7-18(13)15(10)17-12;/h1-6,9H,7-8H2,(H,19,20);1H. The second kappa shape index (κ2) is 5.35. The minimum absolute atomic E-state index is 0. The van der Waals surface area contributed by atoms with Crippen molar-refractivity contribution in [2.75, 3.05) is 6.61 Å². The van der Waals surface area contributed by atoms with Crippen LogP contribution in [0.15, 0.2) is 42.5 Å². The van der Waals surface area contributed by atoms with Gasteiger partial charge in [-0.25, -0.2) is 9.78 Å². The lowest BCUT2D eigenvalue weighted by Gasteiger charge is -2.05. The Balaban J connectivity index is 0.00000144. The van der Waals surface area contributed by atoms with Crippen molar-refractivity contribution >= 4 is 29.4 Å². The molecule has 0 bridgehead atoms. The molecule has 1 aromatic carbocycles. The summed E-state index contributed by atoms with van der Waals surface area (Å²) < 4.78 is 7.77. The molecule has 0 fully saturated rings. The van der Waals surface area contributed by atoms with Crippen molar-refractivity contribution in [3.8, 4) is 17.0 Å². The van der Waals surface area contributed by atoms with Crippen molar-refractivity contribution in [2.45, 2.75) is 6.54 Å². The average Bonchev–Trinajstić information content (AvgIpc) is 2.75. The predicted octanol–water partition coefficient (Wildman–Crippen LogP) is 3.22. The van der Waals surface area contributed by atoms with Crippen molar-refractivity contribution in [3.05, 3.63) is 48.2 Å². The zero-order valence-corrected chi connectivity index (χ0v) is 12.3. The first kappa shape index (κ1) is 14.4. The van der Waals surface area contributed by atoms with Gasteiger partial charge in [0.1, 0.15) is 18.0 Å². The van der Waals surface area contributed by atoms with E-state index in [-0.39, 0.29) is 18.1 Å². The number of rotatable bonds is 1. The van der Waals surface area contributed by atoms with E-state index in [2.05, 4.69) is 4.98 Å². The highest BCUT2D eigenvalue weighted by Gasteiger charge is 2.19. The van der Waals surface area contributed by atoms with E-state index in [1.54, 1.807) is 6.07 Å². The van der Waals surface area contributed by atoms with E-state index in [9.17, 15) is 4.79 Å². The molecule has 3 aromatic rings. The molecule has 22 heavy (non-hydrogen) atoms. The number of pyridine rings is 1. The fourth-order valence-corrected chi connectivity index (χ4v) is 2.75. The van der Waals surface area contributed by atoms with Gasteiger partial charge in [0, 0.05) is 10.9 Å². The van der Waals surface area contributed by atoms with Crippen LogP contribution in [0.25, 0.3) is 22.3 Å². The molecule has 3 heterocycles. The van der Waals surface area contributed by atoms with Crippen LogP contribution in [0.4, 0.5) is 0 Å². The molecular weight excluding hydrogens is 304 g/mol. The summed E-state index contributed by atoms with van der Waals surface area (Å²) in [6, 6.07) is 13.2. The number of hydrogen-bond donors (Lipinski definition) is 1. The number of halogens is 1. The third kappa shape index (κ3) is 2.10. The quantitative estimate of drug-likeness (QED) is 0.748. The topological polar surface area (TPSA) is 64.3 Å². The summed E-state index contributed by atoms with van der Waals surface area (Å²) in [4.78, 5) is 15.4. The fourth-order valence-electron chi connectivity index (χ4n) is 2.75. The lowest BCUT2D eigenvalue weighted by molar-refractivity contribution is 0.0691. The van der Waals surface area contributed by atoms with Crippen LogP contribution in [0.3, 0.4) is 0 Å². The van der Waals surface area contributed by atoms with Gasteiger partial charge in [-0.05, 0) is 30.3 Å². The van der Waals surface area contributed by atoms with Crippen LogP contribution in [-0.2, 0) is 6.54 Å². The van der Waals surface area contributed by atoms with Gasteiger partial charge in [-0.2, -0.15) is 0 Å². The Hall–Kier alpha value is -2.53. The number of benzene rings is 1. The first-order valence-electron chi connectivity index (χ1n) is 6.70. The van der Waals surface area contributed by atoms with Crippen molar-refractivity contribution in [3.63, 3.8) is 0 Å². The second-order valence-corrected chi connectivity index (χ2v) is 4.94. The van der Waals surface area contributed by atoms with Gasteiger partial charge in [-0.1, -0.05) is 12.1 Å². The number of ether oxygens (including phenoxy) is 1. The highest BCUT2D eigenvalue weighted by molar-refractivity contribution is 5.91. The summed E-state index contributed by atoms with van der Waals surface area (Å²) in [7, 11) is 0. The van der Waals surface area contributed by atoms with Crippen LogP contribution in [0.2, 0.25) is 0 Å². The molecule has 0 atom stereocenters. The number of carboxylic acid groups (broad SMARTS) is 1. The van der Waals surface area contributed by atoms with Gasteiger partial charge >= 0.3 is 5.97 Å². The van der Waals surface area contributed by atoms with Gasteiger partial charge in [-0.15, -0.1) is 12.4 Å². The Morgan fingerprint density at radius 1 is 1.23 bits per heavy atom. The molecule has 4 rings (SSSR count). The summed E-state index contributed by atoms with van der Waals surface area (Å²) in [6.07, 6.45) is 0. The summed E-state index contributed by atoms with van der Waals surface area (Å²) in [5.41, 5.74) is 2.75. The number of hydrogen-bond acceptors (Lipinski definition) is 3. The molecular formula is C16H13ClN2O3. The number of para-hydroxylation sites is 1. The molecule has 6 heteroatoms. The number of fused-ring (bicyclic) bond motifs is 5. The number of aromatic carboxylic acids is 1. The van der Waals surface area contributed by atoms with E-state index in [0.717, 1.165) is 22.4 Å². The molecule has 0 radical (unpaired) electrons. The Bertz CT molecular complexity index is 873. The Morgan fingerprint density at radius 2 is 2.05 bits per heavy atom. The zero-order valence-electron chi connectivity index (χ0n) is 11.5. The SMILES string of the molecule is Cl.O=C(O)c1ccc2cc3n(c2n1)CCOc1ccccc1-3. The molecule has 1 N–H and O–H groups in total. The maximum absolute atomic E-state index is 11.1. The van der Waals surface area contributed by atoms with E-state index in [0.29, 0.717) is 18.8 Å². The van der Waals surface area contributed by atoms with Gasteiger partial charge in [0.2, 0.25) is 0 Å². The van der Waals surface area contributed by atoms with E-state index in [4.69, 9.17) is 9.84 Å². The molecule has 0 saturated carbocycles. The first-order valence-corrected chi connectivity index (χ1v) is 6.70. The Morgan fingerprint density at radius 3 is 2.86 bits per heavy atom. The molecule has 0 saturated heterocycles. The monoisotopic (exact) mass is 316 g/mol. The van der Waals surface area contributed by atoms with Crippen molar-refractivity contribution in [2.24, 2.45) is 0 Å². The minimum Gasteiger partial charge on any atom is -0.491 e. The van der Waals surface area contributed by atoms with Crippen LogP contribution in [0.5, 0.6) is 5.75 Å². The summed E-state index contributed by atoms with van der Waals surface area (Å²) in [5, 5.41) is 10.0. The molecule has 0 amide bonds. The zero-order chi connectivity index (χ0) is 14.4. The second-order valence-electron chi connectivity index (χ2n) is 4.94. The number of carboxylic acids is 1. The summed E-state index contributed by atoms with van der Waals surface area (Å²) in [5.74, 6) is -0.171. The predicted molar refractivity (Wildman–Crippen MR) is 84.9 cm³/mol. The molecule has 1 aliphatic rings. The molecule has 0 aliphatic carbocycles. The van der Waals surface area contributed by atoms with Crippen LogP contribution >= 0.6 is 12.4 Å². The fraction of sp³-hybridized carbons (Fsp3) is 0.125. The smallest absolute Gasteiger partial charge is 0.354 e. The Labute approximate surface area is 132 Å². The average molecular weight is 317 g/mol. The van der Waals surface area contributed by atoms with Crippen LogP contribution in [-0.4, -0.2) is 27.2 Å². The van der Waals surface area contributed by atoms with Gasteiger partial charge in [0.05, 0.1) is 12.2 Å². The normalized spacial score (nSPS) is 12.5. The van der Waals surface area contributed by atoms with E-state index >= 15 is 0 Å². The van der Waals surface area contributed by atoms with Gasteiger partial charge in [-0.3, -0.25) is 0 Å². The van der Waals surface area contributed by atoms with E-state index in [1.165, 1.54) is 6.07 Å². The number of carbonyl (C=O) groups is 1. The minimum atomic E-state index is -1.02. The molecule has 0 unspecified atom stereocenters. The largest absolute Gasteiger partial charge is 0.491 e. The summed E-state index contributed by atoms with van der Waals surface area (Å²) >= 11 is 0. The number of aromatic nitrogens is 2. The highest BCUT2D eigenvalue weighted by Crippen LogP contribution is 2.35. The molecule has 5 nitrogen and oxygen atoms in total. The van der Waals surface area contributed by atoms with Crippen molar-refractivity contribution in [1.29, 1.82) is 0 Å². The summed E-state index contributed by atoms with van der Waals surface area (Å²) in [6.45, 7) is 1.18. The number of nitrogens with zero attached hydrogens (tertiary/aromatic N) is 2. The highest BCUT2D eigenvalue weighted by atomic mass is 35.5. The van der Waals surface area contributed by atoms with Gasteiger partial charge in [0.15, 0.2) is 5.69 Å². The van der Waals surface area contributed by atoms with Gasteiger partial charge < -0.3 is 14.4 Å². The van der Waals surface area contributed by atoms with Crippen LogP contribution in [0, 0.1) is 0 Å². The van der Waals surface area contributed by atoms with Crippen molar-refractivity contribution < 1.29 is 14.6 Å². The maximum atomic E-state index is 11.1. The van der Waals surface area contributed by atoms with Crippen LogP contribution in [0.1, 0.15) is 10.5 Å². The molecule has 112 valence electrons. The maximum Gasteiger partial charge on any atom is 0.354 e. The van der Waals surface area contributed by atoms with Crippen LogP contribution < -0.4 is 4.74 Å². The lowest BCUT2D eigenvalue weighted by Crippen LogP contribution is -2.07.